The Morgan fingerprint density at radius 1 is 1.03 bits per heavy atom. The maximum Gasteiger partial charge on any atom is 0.414 e. The van der Waals surface area contributed by atoms with Gasteiger partial charge in [-0.1, -0.05) is 19.1 Å². The van der Waals surface area contributed by atoms with Crippen molar-refractivity contribution in [3.05, 3.63) is 59.4 Å². The lowest BCUT2D eigenvalue weighted by Crippen LogP contribution is -2.09. The van der Waals surface area contributed by atoms with E-state index in [1.807, 2.05) is 37.5 Å². The van der Waals surface area contributed by atoms with Gasteiger partial charge in [0.2, 0.25) is 0 Å². The molecule has 0 atom stereocenters. The Balaban J connectivity index is 0.000000501. The molecule has 0 spiro atoms. The van der Waals surface area contributed by atoms with Crippen molar-refractivity contribution < 1.29 is 29.3 Å². The van der Waals surface area contributed by atoms with Gasteiger partial charge in [-0.05, 0) is 55.7 Å². The van der Waals surface area contributed by atoms with Crippen LogP contribution in [-0.4, -0.2) is 44.1 Å². The van der Waals surface area contributed by atoms with Crippen LogP contribution < -0.4 is 4.74 Å². The van der Waals surface area contributed by atoms with Crippen molar-refractivity contribution >= 4 is 28.8 Å². The predicted octanol–water partition coefficient (Wildman–Crippen LogP) is 3.87. The van der Waals surface area contributed by atoms with Crippen LogP contribution >= 0.6 is 0 Å². The van der Waals surface area contributed by atoms with E-state index in [0.717, 1.165) is 24.0 Å². The number of rotatable bonds is 7. The quantitative estimate of drug-likeness (QED) is 0.334. The Hall–Kier alpha value is -3.68. The molecule has 0 radical (unpaired) electrons. The second kappa shape index (κ2) is 10.9. The maximum absolute atomic E-state index is 12.0. The molecular formula is C23H26N2O6. The number of benzene rings is 2. The van der Waals surface area contributed by atoms with Crippen LogP contribution in [0, 0.1) is 13.8 Å². The van der Waals surface area contributed by atoms with Crippen molar-refractivity contribution in [2.24, 2.45) is 0 Å². The number of carbonyl (C=O) groups is 3. The van der Waals surface area contributed by atoms with E-state index in [-0.39, 0.29) is 5.78 Å². The third-order valence-corrected chi connectivity index (χ3v) is 4.73. The largest absolute Gasteiger partial charge is 0.493 e. The van der Waals surface area contributed by atoms with E-state index in [1.165, 1.54) is 11.1 Å². The minimum absolute atomic E-state index is 0.113. The van der Waals surface area contributed by atoms with Crippen molar-refractivity contribution in [3.63, 3.8) is 0 Å². The number of carbonyl (C=O) groups excluding carboxylic acids is 1. The van der Waals surface area contributed by atoms with Gasteiger partial charge in [0.1, 0.15) is 5.75 Å². The molecule has 8 nitrogen and oxygen atoms in total. The molecule has 0 fully saturated rings. The Morgan fingerprint density at radius 3 is 2.32 bits per heavy atom. The average Bonchev–Trinajstić information content (AvgIpc) is 3.13. The number of fused-ring (bicyclic) bond motifs is 1. The number of para-hydroxylation sites is 1. The van der Waals surface area contributed by atoms with Gasteiger partial charge in [0.15, 0.2) is 5.78 Å². The summed E-state index contributed by atoms with van der Waals surface area (Å²) in [6.07, 6.45) is 3.23. The minimum atomic E-state index is -1.82. The van der Waals surface area contributed by atoms with Crippen LogP contribution in [0.25, 0.3) is 11.0 Å². The second-order valence-electron chi connectivity index (χ2n) is 6.95. The summed E-state index contributed by atoms with van der Waals surface area (Å²) in [6, 6.07) is 11.8. The number of aliphatic carboxylic acids is 2. The number of hydrogen-bond acceptors (Lipinski definition) is 5. The van der Waals surface area contributed by atoms with Crippen LogP contribution in [0.4, 0.5) is 0 Å². The van der Waals surface area contributed by atoms with Gasteiger partial charge in [-0.2, -0.15) is 0 Å². The molecule has 0 aliphatic heterocycles. The number of aromatic nitrogens is 2. The van der Waals surface area contributed by atoms with Gasteiger partial charge >= 0.3 is 11.9 Å². The van der Waals surface area contributed by atoms with Gasteiger partial charge in [-0.15, -0.1) is 0 Å². The number of imidazole rings is 1. The normalized spacial score (nSPS) is 10.3. The lowest BCUT2D eigenvalue weighted by atomic mass is 10.1. The Kier molecular flexibility index (Phi) is 8.31. The number of Topliss-reactive ketones (excluding diaryl/α,β-unsaturated/α-hetero) is 1. The minimum Gasteiger partial charge on any atom is -0.493 e. The third-order valence-electron chi connectivity index (χ3n) is 4.73. The Labute approximate surface area is 180 Å². The van der Waals surface area contributed by atoms with E-state index in [2.05, 4.69) is 35.5 Å². The summed E-state index contributed by atoms with van der Waals surface area (Å²) in [7, 11) is 0. The number of ether oxygens (including phenoxy) is 1. The molecule has 0 bridgehead atoms. The molecule has 3 aromatic rings. The van der Waals surface area contributed by atoms with Gasteiger partial charge in [0.25, 0.3) is 0 Å². The summed E-state index contributed by atoms with van der Waals surface area (Å²) in [5.74, 6) is -2.86. The van der Waals surface area contributed by atoms with Gasteiger partial charge < -0.3 is 19.5 Å². The molecule has 164 valence electrons. The van der Waals surface area contributed by atoms with E-state index < -0.39 is 11.9 Å². The van der Waals surface area contributed by atoms with Crippen molar-refractivity contribution in [3.8, 4) is 5.75 Å². The van der Waals surface area contributed by atoms with Crippen LogP contribution in [0.3, 0.4) is 0 Å². The number of ketones is 1. The molecule has 3 rings (SSSR count). The first-order valence-corrected chi connectivity index (χ1v) is 9.87. The summed E-state index contributed by atoms with van der Waals surface area (Å²) in [4.78, 5) is 34.6. The molecule has 0 saturated heterocycles. The highest BCUT2D eigenvalue weighted by molar-refractivity contribution is 6.27. The molecule has 0 aliphatic carbocycles. The lowest BCUT2D eigenvalue weighted by Gasteiger charge is -2.11. The monoisotopic (exact) mass is 426 g/mol. The van der Waals surface area contributed by atoms with Crippen LogP contribution in [0.5, 0.6) is 5.75 Å². The molecule has 1 heterocycles. The highest BCUT2D eigenvalue weighted by Crippen LogP contribution is 2.21. The van der Waals surface area contributed by atoms with Crippen LogP contribution in [0.2, 0.25) is 0 Å². The van der Waals surface area contributed by atoms with Gasteiger partial charge in [-0.3, -0.25) is 4.79 Å². The fourth-order valence-corrected chi connectivity index (χ4v) is 2.92. The van der Waals surface area contributed by atoms with Gasteiger partial charge in [0, 0.05) is 13.0 Å². The highest BCUT2D eigenvalue weighted by Gasteiger charge is 2.10. The SMILES string of the molecule is CCC(=O)c1ccccc1OCCCn1cnc2cc(C)c(C)cc21.O=C(O)C(=O)O. The fraction of sp³-hybridized carbons (Fsp3) is 0.304. The Bertz CT molecular complexity index is 1070. The zero-order valence-electron chi connectivity index (χ0n) is 17.8. The molecule has 0 aliphatic rings. The predicted molar refractivity (Wildman–Crippen MR) is 116 cm³/mol. The summed E-state index contributed by atoms with van der Waals surface area (Å²) in [5.41, 5.74) is 5.40. The van der Waals surface area contributed by atoms with E-state index in [4.69, 9.17) is 24.5 Å². The maximum atomic E-state index is 12.0. The molecule has 0 saturated carbocycles. The van der Waals surface area contributed by atoms with Crippen molar-refractivity contribution in [2.45, 2.75) is 40.2 Å². The third kappa shape index (κ3) is 6.40. The first-order valence-electron chi connectivity index (χ1n) is 9.87. The number of hydrogen-bond donors (Lipinski definition) is 2. The van der Waals surface area contributed by atoms with Crippen molar-refractivity contribution in [1.82, 2.24) is 9.55 Å². The first-order chi connectivity index (χ1) is 14.7. The molecule has 2 N–H and O–H groups in total. The zero-order valence-corrected chi connectivity index (χ0v) is 17.8. The summed E-state index contributed by atoms with van der Waals surface area (Å²) >= 11 is 0. The molecule has 2 aromatic carbocycles. The second-order valence-corrected chi connectivity index (χ2v) is 6.95. The first kappa shape index (κ1) is 23.6. The van der Waals surface area contributed by atoms with E-state index >= 15 is 0 Å². The molecular weight excluding hydrogens is 400 g/mol. The van der Waals surface area contributed by atoms with E-state index in [1.54, 1.807) is 0 Å². The summed E-state index contributed by atoms with van der Waals surface area (Å²) in [5, 5.41) is 14.8. The zero-order chi connectivity index (χ0) is 23.0. The fourth-order valence-electron chi connectivity index (χ4n) is 2.92. The van der Waals surface area contributed by atoms with Gasteiger partial charge in [-0.25, -0.2) is 14.6 Å². The van der Waals surface area contributed by atoms with Crippen molar-refractivity contribution in [2.75, 3.05) is 6.61 Å². The van der Waals surface area contributed by atoms with Gasteiger partial charge in [0.05, 0.1) is 29.5 Å². The number of carboxylic acids is 2. The average molecular weight is 426 g/mol. The summed E-state index contributed by atoms with van der Waals surface area (Å²) < 4.78 is 8.02. The summed E-state index contributed by atoms with van der Waals surface area (Å²) in [6.45, 7) is 7.50. The molecule has 0 amide bonds. The van der Waals surface area contributed by atoms with Crippen LogP contribution in [0.15, 0.2) is 42.7 Å². The van der Waals surface area contributed by atoms with Crippen LogP contribution in [0.1, 0.15) is 41.3 Å². The molecule has 8 heteroatoms. The molecule has 31 heavy (non-hydrogen) atoms. The number of carboxylic acid groups (broad SMARTS) is 2. The number of nitrogens with zero attached hydrogens (tertiary/aromatic N) is 2. The van der Waals surface area contributed by atoms with Crippen LogP contribution in [-0.2, 0) is 16.1 Å². The molecule has 0 unspecified atom stereocenters. The van der Waals surface area contributed by atoms with E-state index in [9.17, 15) is 4.79 Å². The van der Waals surface area contributed by atoms with E-state index in [0.29, 0.717) is 24.3 Å². The van der Waals surface area contributed by atoms with Crippen molar-refractivity contribution in [1.29, 1.82) is 0 Å². The smallest absolute Gasteiger partial charge is 0.414 e. The molecule has 1 aromatic heterocycles. The standard InChI is InChI=1S/C21H24N2O2.C2H2O4/c1-4-20(24)17-8-5-6-9-21(17)25-11-7-10-23-14-22-18-12-15(2)16(3)13-19(18)23;3-1(4)2(5)6/h5-6,8-9,12-14H,4,7,10-11H2,1-3H3;(H,3,4)(H,5,6). The lowest BCUT2D eigenvalue weighted by molar-refractivity contribution is -0.159. The Morgan fingerprint density at radius 2 is 1.68 bits per heavy atom. The number of aryl methyl sites for hydroxylation is 3. The topological polar surface area (TPSA) is 119 Å². The highest BCUT2D eigenvalue weighted by atomic mass is 16.5.